The molecule has 86 valence electrons. The number of aryl methyl sites for hydroxylation is 1. The Balaban J connectivity index is 1.94. The second-order valence-corrected chi connectivity index (χ2v) is 5.15. The van der Waals surface area contributed by atoms with E-state index in [1.165, 1.54) is 4.88 Å². The van der Waals surface area contributed by atoms with Crippen LogP contribution in [0.4, 0.5) is 5.13 Å². The van der Waals surface area contributed by atoms with Gasteiger partial charge in [0.15, 0.2) is 5.13 Å². The maximum Gasteiger partial charge on any atom is 0.183 e. The number of hydrogen-bond acceptors (Lipinski definition) is 4. The molecule has 2 rings (SSSR count). The Morgan fingerprint density at radius 3 is 2.81 bits per heavy atom. The molecule has 0 fully saturated rings. The van der Waals surface area contributed by atoms with E-state index in [0.717, 1.165) is 16.7 Å². The first-order chi connectivity index (χ1) is 7.65. The average molecular weight is 236 g/mol. The first-order valence-corrected chi connectivity index (χ1v) is 6.21. The molecule has 0 amide bonds. The smallest absolute Gasteiger partial charge is 0.183 e. The van der Waals surface area contributed by atoms with Crippen LogP contribution in [-0.4, -0.2) is 4.98 Å². The van der Waals surface area contributed by atoms with Gasteiger partial charge in [0, 0.05) is 11.1 Å². The predicted octanol–water partition coefficient (Wildman–Crippen LogP) is 3.78. The van der Waals surface area contributed by atoms with E-state index in [9.17, 15) is 0 Å². The van der Waals surface area contributed by atoms with Crippen molar-refractivity contribution in [2.45, 2.75) is 33.2 Å². The number of hydrogen-bond donors (Lipinski definition) is 1. The second kappa shape index (κ2) is 4.70. The molecule has 0 saturated heterocycles. The van der Waals surface area contributed by atoms with Crippen molar-refractivity contribution in [2.75, 3.05) is 5.32 Å². The molecule has 0 aromatic carbocycles. The van der Waals surface area contributed by atoms with Crippen LogP contribution in [0, 0.1) is 6.92 Å². The van der Waals surface area contributed by atoms with Gasteiger partial charge in [0.1, 0.15) is 11.5 Å². The number of nitrogens with zero attached hydrogens (tertiary/aromatic N) is 1. The molecule has 0 atom stereocenters. The van der Waals surface area contributed by atoms with Gasteiger partial charge in [-0.2, -0.15) is 0 Å². The van der Waals surface area contributed by atoms with Gasteiger partial charge in [-0.25, -0.2) is 4.98 Å². The minimum atomic E-state index is 0.541. The Morgan fingerprint density at radius 1 is 1.44 bits per heavy atom. The van der Waals surface area contributed by atoms with Crippen molar-refractivity contribution in [1.29, 1.82) is 0 Å². The second-order valence-electron chi connectivity index (χ2n) is 4.09. The normalized spacial score (nSPS) is 11.0. The molecule has 2 aromatic rings. The molecule has 0 saturated carbocycles. The number of rotatable bonds is 4. The van der Waals surface area contributed by atoms with Gasteiger partial charge in [0.25, 0.3) is 0 Å². The molecular weight excluding hydrogens is 220 g/mol. The van der Waals surface area contributed by atoms with Crippen LogP contribution in [0.3, 0.4) is 0 Å². The first-order valence-electron chi connectivity index (χ1n) is 5.40. The molecule has 0 aliphatic heterocycles. The van der Waals surface area contributed by atoms with E-state index in [1.807, 2.05) is 25.3 Å². The summed E-state index contributed by atoms with van der Waals surface area (Å²) >= 11 is 1.70. The lowest BCUT2D eigenvalue weighted by molar-refractivity contribution is 0.490. The quantitative estimate of drug-likeness (QED) is 0.878. The van der Waals surface area contributed by atoms with Gasteiger partial charge in [-0.05, 0) is 25.0 Å². The molecule has 0 aliphatic carbocycles. The van der Waals surface area contributed by atoms with Crippen LogP contribution in [0.25, 0.3) is 0 Å². The van der Waals surface area contributed by atoms with Gasteiger partial charge in [0.05, 0.1) is 6.54 Å². The Kier molecular flexibility index (Phi) is 3.29. The number of thiazole rings is 1. The summed E-state index contributed by atoms with van der Waals surface area (Å²) in [6, 6.07) is 3.96. The van der Waals surface area contributed by atoms with Crippen molar-refractivity contribution in [3.63, 3.8) is 0 Å². The van der Waals surface area contributed by atoms with Crippen LogP contribution in [0.2, 0.25) is 0 Å². The summed E-state index contributed by atoms with van der Waals surface area (Å²) in [7, 11) is 0. The van der Waals surface area contributed by atoms with Crippen molar-refractivity contribution in [1.82, 2.24) is 4.98 Å². The topological polar surface area (TPSA) is 38.1 Å². The molecule has 2 aromatic heterocycles. The van der Waals surface area contributed by atoms with Crippen LogP contribution >= 0.6 is 11.3 Å². The largest absolute Gasteiger partial charge is 0.465 e. The highest BCUT2D eigenvalue weighted by molar-refractivity contribution is 7.15. The number of aromatic nitrogens is 1. The SMILES string of the molecule is Cc1ccc(CNc2ncc(C(C)C)s2)o1. The summed E-state index contributed by atoms with van der Waals surface area (Å²) in [5.74, 6) is 2.43. The average Bonchev–Trinajstić information content (AvgIpc) is 2.83. The lowest BCUT2D eigenvalue weighted by atomic mass is 10.2. The van der Waals surface area contributed by atoms with Crippen LogP contribution in [0.5, 0.6) is 0 Å². The molecule has 3 nitrogen and oxygen atoms in total. The maximum atomic E-state index is 5.47. The third-order valence-corrected chi connectivity index (χ3v) is 3.56. The molecule has 0 radical (unpaired) electrons. The summed E-state index contributed by atoms with van der Waals surface area (Å²) in [4.78, 5) is 5.63. The molecule has 2 heterocycles. The van der Waals surface area contributed by atoms with Crippen molar-refractivity contribution >= 4 is 16.5 Å². The summed E-state index contributed by atoms with van der Waals surface area (Å²) in [6.45, 7) is 6.99. The van der Waals surface area contributed by atoms with Gasteiger partial charge in [-0.3, -0.25) is 0 Å². The zero-order chi connectivity index (χ0) is 11.5. The fraction of sp³-hybridized carbons (Fsp3) is 0.417. The lowest BCUT2D eigenvalue weighted by Gasteiger charge is -1.99. The highest BCUT2D eigenvalue weighted by Gasteiger charge is 2.05. The van der Waals surface area contributed by atoms with E-state index in [-0.39, 0.29) is 0 Å². The minimum absolute atomic E-state index is 0.541. The Labute approximate surface area is 99.5 Å². The van der Waals surface area contributed by atoms with E-state index in [4.69, 9.17) is 4.42 Å². The van der Waals surface area contributed by atoms with E-state index in [0.29, 0.717) is 12.5 Å². The molecular formula is C12H16N2OS. The van der Waals surface area contributed by atoms with Crippen molar-refractivity contribution in [3.05, 3.63) is 34.7 Å². The van der Waals surface area contributed by atoms with E-state index >= 15 is 0 Å². The van der Waals surface area contributed by atoms with E-state index in [1.54, 1.807) is 11.3 Å². The third-order valence-electron chi connectivity index (χ3n) is 2.30. The molecule has 0 aliphatic rings. The number of nitrogens with one attached hydrogen (secondary N) is 1. The molecule has 0 unspecified atom stereocenters. The van der Waals surface area contributed by atoms with Gasteiger partial charge in [-0.15, -0.1) is 11.3 Å². The van der Waals surface area contributed by atoms with Crippen LogP contribution in [0.1, 0.15) is 36.2 Å². The van der Waals surface area contributed by atoms with Gasteiger partial charge in [-0.1, -0.05) is 13.8 Å². The summed E-state index contributed by atoms with van der Waals surface area (Å²) in [5, 5.41) is 4.22. The summed E-state index contributed by atoms with van der Waals surface area (Å²) in [5.41, 5.74) is 0. The highest BCUT2D eigenvalue weighted by Crippen LogP contribution is 2.25. The highest BCUT2D eigenvalue weighted by atomic mass is 32.1. The van der Waals surface area contributed by atoms with Crippen molar-refractivity contribution in [3.8, 4) is 0 Å². The Hall–Kier alpha value is -1.29. The Morgan fingerprint density at radius 2 is 2.25 bits per heavy atom. The third kappa shape index (κ3) is 2.64. The standard InChI is InChI=1S/C12H16N2OS/c1-8(2)11-7-14-12(16-11)13-6-10-5-4-9(3)15-10/h4-5,7-8H,6H2,1-3H3,(H,13,14). The fourth-order valence-electron chi connectivity index (χ4n) is 1.38. The zero-order valence-electron chi connectivity index (χ0n) is 9.78. The molecule has 0 spiro atoms. The van der Waals surface area contributed by atoms with Crippen LogP contribution in [-0.2, 0) is 6.54 Å². The summed E-state index contributed by atoms with van der Waals surface area (Å²) in [6.07, 6.45) is 1.94. The monoisotopic (exact) mass is 236 g/mol. The van der Waals surface area contributed by atoms with Gasteiger partial charge < -0.3 is 9.73 Å². The maximum absolute atomic E-state index is 5.47. The minimum Gasteiger partial charge on any atom is -0.465 e. The lowest BCUT2D eigenvalue weighted by Crippen LogP contribution is -1.96. The van der Waals surface area contributed by atoms with Crippen LogP contribution in [0.15, 0.2) is 22.7 Å². The van der Waals surface area contributed by atoms with Gasteiger partial charge >= 0.3 is 0 Å². The van der Waals surface area contributed by atoms with E-state index in [2.05, 4.69) is 24.1 Å². The fourth-order valence-corrected chi connectivity index (χ4v) is 2.19. The molecule has 16 heavy (non-hydrogen) atoms. The van der Waals surface area contributed by atoms with Crippen LogP contribution < -0.4 is 5.32 Å². The number of anilines is 1. The zero-order valence-corrected chi connectivity index (χ0v) is 10.6. The van der Waals surface area contributed by atoms with Crippen molar-refractivity contribution < 1.29 is 4.42 Å². The number of furan rings is 1. The van der Waals surface area contributed by atoms with Gasteiger partial charge in [0.2, 0.25) is 0 Å². The predicted molar refractivity (Wildman–Crippen MR) is 67.0 cm³/mol. The molecule has 0 bridgehead atoms. The van der Waals surface area contributed by atoms with Crippen molar-refractivity contribution in [2.24, 2.45) is 0 Å². The summed E-state index contributed by atoms with van der Waals surface area (Å²) < 4.78 is 5.47. The Bertz CT molecular complexity index is 459. The first kappa shape index (κ1) is 11.2. The molecule has 1 N–H and O–H groups in total. The van der Waals surface area contributed by atoms with E-state index < -0.39 is 0 Å². The molecule has 4 heteroatoms.